The molecule has 1 amide bonds. The largest absolute Gasteiger partial charge is 0.472 e. The first-order valence-electron chi connectivity index (χ1n) is 9.12. The van der Waals surface area contributed by atoms with E-state index >= 15 is 0 Å². The van der Waals surface area contributed by atoms with E-state index in [9.17, 15) is 10.1 Å². The number of ether oxygens (including phenoxy) is 2. The van der Waals surface area contributed by atoms with Crippen LogP contribution in [0.5, 0.6) is 5.88 Å². The van der Waals surface area contributed by atoms with Gasteiger partial charge in [0.2, 0.25) is 5.88 Å². The number of nitriles is 1. The summed E-state index contributed by atoms with van der Waals surface area (Å²) in [4.78, 5) is 19.2. The smallest absolute Gasteiger partial charge is 0.255 e. The predicted molar refractivity (Wildman–Crippen MR) is 100 cm³/mol. The van der Waals surface area contributed by atoms with Gasteiger partial charge in [0.25, 0.3) is 5.91 Å². The van der Waals surface area contributed by atoms with Crippen LogP contribution >= 0.6 is 0 Å². The van der Waals surface area contributed by atoms with Crippen LogP contribution in [0.3, 0.4) is 0 Å². The summed E-state index contributed by atoms with van der Waals surface area (Å²) in [6.07, 6.45) is 3.15. The Bertz CT molecular complexity index is 825. The summed E-state index contributed by atoms with van der Waals surface area (Å²) in [5, 5.41) is 9.53. The Morgan fingerprint density at radius 3 is 2.59 bits per heavy atom. The normalized spacial score (nSPS) is 13.9. The second kappa shape index (κ2) is 9.15. The quantitative estimate of drug-likeness (QED) is 0.785. The molecule has 0 aliphatic carbocycles. The van der Waals surface area contributed by atoms with Gasteiger partial charge in [0.15, 0.2) is 0 Å². The van der Waals surface area contributed by atoms with Crippen molar-refractivity contribution in [1.82, 2.24) is 9.88 Å². The molecule has 0 saturated carbocycles. The van der Waals surface area contributed by atoms with Gasteiger partial charge in [-0.15, -0.1) is 0 Å². The Morgan fingerprint density at radius 2 is 1.93 bits per heavy atom. The van der Waals surface area contributed by atoms with Gasteiger partial charge in [-0.25, -0.2) is 4.98 Å². The minimum absolute atomic E-state index is 0.0969. The third-order valence-corrected chi connectivity index (χ3v) is 4.56. The van der Waals surface area contributed by atoms with E-state index < -0.39 is 0 Å². The molecule has 3 rings (SSSR count). The number of pyridine rings is 1. The number of likely N-dealkylation sites (tertiary alicyclic amines) is 1. The molecule has 0 atom stereocenters. The van der Waals surface area contributed by atoms with Gasteiger partial charge >= 0.3 is 0 Å². The zero-order chi connectivity index (χ0) is 19.1. The second-order valence-corrected chi connectivity index (χ2v) is 6.51. The number of amides is 1. The topological polar surface area (TPSA) is 75.5 Å². The number of benzene rings is 1. The lowest BCUT2D eigenvalue weighted by Crippen LogP contribution is -2.36. The fraction of sp³-hybridized carbons (Fsp3) is 0.381. The van der Waals surface area contributed by atoms with Crippen LogP contribution in [-0.2, 0) is 18.0 Å². The van der Waals surface area contributed by atoms with Crippen LogP contribution in [-0.4, -0.2) is 36.0 Å². The van der Waals surface area contributed by atoms with E-state index in [-0.39, 0.29) is 24.0 Å². The minimum atomic E-state index is -0.0969. The number of aromatic nitrogens is 1. The number of carbonyl (C=O) groups excluding carboxylic acids is 1. The number of piperidine rings is 1. The van der Waals surface area contributed by atoms with Gasteiger partial charge in [-0.2, -0.15) is 5.26 Å². The van der Waals surface area contributed by atoms with Crippen molar-refractivity contribution >= 4 is 5.91 Å². The molecule has 27 heavy (non-hydrogen) atoms. The molecule has 2 heterocycles. The first-order valence-corrected chi connectivity index (χ1v) is 9.12. The molecule has 1 fully saturated rings. The van der Waals surface area contributed by atoms with Gasteiger partial charge < -0.3 is 14.4 Å². The zero-order valence-electron chi connectivity index (χ0n) is 15.5. The zero-order valence-corrected chi connectivity index (χ0v) is 15.5. The standard InChI is InChI=1S/C21H23N3O3/c1-26-15-19-18(21(25)24-10-6-3-7-11-24)12-17(13-22)20(23-19)27-14-16-8-4-2-5-9-16/h2,4-5,8-9,12H,3,6-7,10-11,14-15H2,1H3. The Hall–Kier alpha value is -2.91. The summed E-state index contributed by atoms with van der Waals surface area (Å²) in [7, 11) is 1.56. The molecular weight excluding hydrogens is 342 g/mol. The van der Waals surface area contributed by atoms with Crippen LogP contribution in [0.4, 0.5) is 0 Å². The van der Waals surface area contributed by atoms with Crippen LogP contribution < -0.4 is 4.74 Å². The SMILES string of the molecule is COCc1nc(OCc2ccccc2)c(C#N)cc1C(=O)N1CCCCC1. The average Bonchev–Trinajstić information content (AvgIpc) is 2.73. The van der Waals surface area contributed by atoms with Gasteiger partial charge in [0.05, 0.1) is 17.9 Å². The second-order valence-electron chi connectivity index (χ2n) is 6.51. The first kappa shape index (κ1) is 18.9. The minimum Gasteiger partial charge on any atom is -0.472 e. The number of carbonyl (C=O) groups is 1. The van der Waals surface area contributed by atoms with Crippen molar-refractivity contribution in [3.63, 3.8) is 0 Å². The lowest BCUT2D eigenvalue weighted by Gasteiger charge is -2.27. The van der Waals surface area contributed by atoms with Gasteiger partial charge in [-0.3, -0.25) is 4.79 Å². The Kier molecular flexibility index (Phi) is 6.39. The number of hydrogen-bond acceptors (Lipinski definition) is 5. The monoisotopic (exact) mass is 365 g/mol. The molecule has 6 heteroatoms. The highest BCUT2D eigenvalue weighted by Gasteiger charge is 2.24. The van der Waals surface area contributed by atoms with E-state index in [0.29, 0.717) is 17.9 Å². The lowest BCUT2D eigenvalue weighted by atomic mass is 10.1. The van der Waals surface area contributed by atoms with Crippen LogP contribution in [0.15, 0.2) is 36.4 Å². The molecule has 2 aromatic rings. The molecule has 0 spiro atoms. The lowest BCUT2D eigenvalue weighted by molar-refractivity contribution is 0.0718. The summed E-state index contributed by atoms with van der Waals surface area (Å²) in [5.41, 5.74) is 2.15. The van der Waals surface area contributed by atoms with Gasteiger partial charge in [0.1, 0.15) is 18.2 Å². The van der Waals surface area contributed by atoms with Crippen molar-refractivity contribution in [2.45, 2.75) is 32.5 Å². The predicted octanol–water partition coefficient (Wildman–Crippen LogP) is 3.30. The van der Waals surface area contributed by atoms with Crippen LogP contribution in [0.25, 0.3) is 0 Å². The average molecular weight is 365 g/mol. The maximum atomic E-state index is 12.9. The van der Waals surface area contributed by atoms with Crippen molar-refractivity contribution in [3.8, 4) is 11.9 Å². The molecule has 140 valence electrons. The van der Waals surface area contributed by atoms with Crippen molar-refractivity contribution in [3.05, 3.63) is 58.8 Å². The Labute approximate surface area is 159 Å². The molecule has 1 saturated heterocycles. The molecule has 6 nitrogen and oxygen atoms in total. The summed E-state index contributed by atoms with van der Waals surface area (Å²) >= 11 is 0. The maximum absolute atomic E-state index is 12.9. The molecule has 1 aromatic heterocycles. The highest BCUT2D eigenvalue weighted by molar-refractivity contribution is 5.95. The molecule has 1 aromatic carbocycles. The molecule has 0 bridgehead atoms. The molecule has 0 radical (unpaired) electrons. The van der Waals surface area contributed by atoms with E-state index in [1.54, 1.807) is 13.2 Å². The van der Waals surface area contributed by atoms with Gasteiger partial charge in [-0.1, -0.05) is 30.3 Å². The third-order valence-electron chi connectivity index (χ3n) is 4.56. The Balaban J connectivity index is 1.88. The van der Waals surface area contributed by atoms with E-state index in [1.807, 2.05) is 35.2 Å². The van der Waals surface area contributed by atoms with Gasteiger partial charge in [0, 0.05) is 20.2 Å². The molecule has 1 aliphatic rings. The summed E-state index contributed by atoms with van der Waals surface area (Å²) in [6, 6.07) is 13.3. The van der Waals surface area contributed by atoms with Crippen molar-refractivity contribution in [2.75, 3.05) is 20.2 Å². The van der Waals surface area contributed by atoms with E-state index in [4.69, 9.17) is 9.47 Å². The highest BCUT2D eigenvalue weighted by Crippen LogP contribution is 2.23. The summed E-state index contributed by atoms with van der Waals surface area (Å²) < 4.78 is 11.0. The van der Waals surface area contributed by atoms with Crippen LogP contribution in [0.2, 0.25) is 0 Å². The van der Waals surface area contributed by atoms with Gasteiger partial charge in [-0.05, 0) is 30.9 Å². The van der Waals surface area contributed by atoms with Crippen molar-refractivity contribution < 1.29 is 14.3 Å². The number of rotatable bonds is 6. The van der Waals surface area contributed by atoms with E-state index in [2.05, 4.69) is 11.1 Å². The third kappa shape index (κ3) is 4.63. The first-order chi connectivity index (χ1) is 13.2. The van der Waals surface area contributed by atoms with Crippen molar-refractivity contribution in [2.24, 2.45) is 0 Å². The van der Waals surface area contributed by atoms with Crippen LogP contribution in [0, 0.1) is 11.3 Å². The molecule has 1 aliphatic heterocycles. The fourth-order valence-electron chi connectivity index (χ4n) is 3.15. The summed E-state index contributed by atoms with van der Waals surface area (Å²) in [5.74, 6) is 0.129. The molecule has 0 unspecified atom stereocenters. The van der Waals surface area contributed by atoms with E-state index in [1.165, 1.54) is 0 Å². The maximum Gasteiger partial charge on any atom is 0.255 e. The van der Waals surface area contributed by atoms with E-state index in [0.717, 1.165) is 37.9 Å². The van der Waals surface area contributed by atoms with Crippen molar-refractivity contribution in [1.29, 1.82) is 5.26 Å². The number of methoxy groups -OCH3 is 1. The number of hydrogen-bond donors (Lipinski definition) is 0. The highest BCUT2D eigenvalue weighted by atomic mass is 16.5. The van der Waals surface area contributed by atoms with Crippen LogP contribution in [0.1, 0.15) is 46.4 Å². The fourth-order valence-corrected chi connectivity index (χ4v) is 3.15. The summed E-state index contributed by atoms with van der Waals surface area (Å²) in [6.45, 7) is 1.95. The molecule has 0 N–H and O–H groups in total. The Morgan fingerprint density at radius 1 is 1.19 bits per heavy atom. The molecular formula is C21H23N3O3. The number of nitrogens with zero attached hydrogens (tertiary/aromatic N) is 3.